The maximum Gasteiger partial charge on any atom is 0.340 e. The summed E-state index contributed by atoms with van der Waals surface area (Å²) in [4.78, 5) is 30.8. The summed E-state index contributed by atoms with van der Waals surface area (Å²) >= 11 is 0. The number of amides is 1. The fourth-order valence-electron chi connectivity index (χ4n) is 3.30. The number of carbonyl (C=O) groups excluding carboxylic acids is 2. The van der Waals surface area contributed by atoms with Crippen LogP contribution in [-0.2, 0) is 4.74 Å². The standard InChI is InChI=1S/C25H27N3O3/c1-6-31-25(30)21-12-16(2)10-11-22(21)27-20-13-17(3)23(26-15-20)18-8-7-9-19(14-18)24(29)28(4)5/h7-15,27H,6H2,1-5H3. The molecule has 6 heteroatoms. The van der Waals surface area contributed by atoms with E-state index in [0.717, 1.165) is 28.1 Å². The Labute approximate surface area is 182 Å². The van der Waals surface area contributed by atoms with Gasteiger partial charge in [-0.25, -0.2) is 4.79 Å². The van der Waals surface area contributed by atoms with Gasteiger partial charge in [-0.3, -0.25) is 9.78 Å². The molecule has 1 heterocycles. The van der Waals surface area contributed by atoms with Crippen molar-refractivity contribution < 1.29 is 14.3 Å². The Morgan fingerprint density at radius 2 is 1.84 bits per heavy atom. The first-order valence-electron chi connectivity index (χ1n) is 10.1. The molecular formula is C25H27N3O3. The predicted octanol–water partition coefficient (Wildman–Crippen LogP) is 4.99. The van der Waals surface area contributed by atoms with Gasteiger partial charge in [-0.05, 0) is 56.7 Å². The molecule has 0 aliphatic heterocycles. The van der Waals surface area contributed by atoms with Crippen molar-refractivity contribution in [1.29, 1.82) is 0 Å². The number of nitrogens with one attached hydrogen (secondary N) is 1. The number of benzene rings is 2. The molecular weight excluding hydrogens is 390 g/mol. The minimum absolute atomic E-state index is 0.0522. The van der Waals surface area contributed by atoms with Crippen LogP contribution in [0.4, 0.5) is 11.4 Å². The minimum atomic E-state index is -0.364. The Hall–Kier alpha value is -3.67. The van der Waals surface area contributed by atoms with Gasteiger partial charge in [0.2, 0.25) is 0 Å². The summed E-state index contributed by atoms with van der Waals surface area (Å²) in [5.74, 6) is -0.416. The molecule has 0 fully saturated rings. The lowest BCUT2D eigenvalue weighted by molar-refractivity contribution is 0.0527. The molecule has 0 unspecified atom stereocenters. The number of aryl methyl sites for hydroxylation is 2. The summed E-state index contributed by atoms with van der Waals surface area (Å²) in [6.45, 7) is 6.00. The van der Waals surface area contributed by atoms with Gasteiger partial charge in [-0.15, -0.1) is 0 Å². The van der Waals surface area contributed by atoms with Crippen molar-refractivity contribution in [1.82, 2.24) is 9.88 Å². The highest BCUT2D eigenvalue weighted by Crippen LogP contribution is 2.27. The van der Waals surface area contributed by atoms with Gasteiger partial charge in [-0.2, -0.15) is 0 Å². The molecule has 0 aliphatic carbocycles. The Morgan fingerprint density at radius 1 is 1.06 bits per heavy atom. The molecule has 6 nitrogen and oxygen atoms in total. The fraction of sp³-hybridized carbons (Fsp3) is 0.240. The number of pyridine rings is 1. The molecule has 31 heavy (non-hydrogen) atoms. The van der Waals surface area contributed by atoms with E-state index < -0.39 is 0 Å². The van der Waals surface area contributed by atoms with E-state index in [2.05, 4.69) is 10.3 Å². The van der Waals surface area contributed by atoms with Gasteiger partial charge >= 0.3 is 5.97 Å². The third-order valence-corrected chi connectivity index (χ3v) is 4.82. The lowest BCUT2D eigenvalue weighted by Gasteiger charge is -2.14. The van der Waals surface area contributed by atoms with Gasteiger partial charge in [0.1, 0.15) is 0 Å². The number of rotatable bonds is 6. The molecule has 0 atom stereocenters. The zero-order chi connectivity index (χ0) is 22.5. The number of nitrogens with zero attached hydrogens (tertiary/aromatic N) is 2. The quantitative estimate of drug-likeness (QED) is 0.572. The summed E-state index contributed by atoms with van der Waals surface area (Å²) in [7, 11) is 3.46. The molecule has 1 N–H and O–H groups in total. The Balaban J connectivity index is 1.90. The second-order valence-corrected chi connectivity index (χ2v) is 7.56. The van der Waals surface area contributed by atoms with Crippen LogP contribution in [0.15, 0.2) is 54.7 Å². The molecule has 1 aromatic heterocycles. The fourth-order valence-corrected chi connectivity index (χ4v) is 3.30. The highest BCUT2D eigenvalue weighted by atomic mass is 16.5. The van der Waals surface area contributed by atoms with E-state index >= 15 is 0 Å². The number of ether oxygens (including phenoxy) is 1. The first-order valence-corrected chi connectivity index (χ1v) is 10.1. The van der Waals surface area contributed by atoms with Crippen molar-refractivity contribution in [2.75, 3.05) is 26.0 Å². The van der Waals surface area contributed by atoms with Crippen LogP contribution in [0.1, 0.15) is 38.8 Å². The zero-order valence-corrected chi connectivity index (χ0v) is 18.5. The Kier molecular flexibility index (Phi) is 6.70. The summed E-state index contributed by atoms with van der Waals surface area (Å²) in [5.41, 5.74) is 6.12. The maximum atomic E-state index is 12.3. The number of esters is 1. The normalized spacial score (nSPS) is 10.5. The lowest BCUT2D eigenvalue weighted by Crippen LogP contribution is -2.21. The number of carbonyl (C=O) groups is 2. The molecule has 1 amide bonds. The first-order chi connectivity index (χ1) is 14.8. The largest absolute Gasteiger partial charge is 0.462 e. The van der Waals surface area contributed by atoms with Gasteiger partial charge in [0.25, 0.3) is 5.91 Å². The summed E-state index contributed by atoms with van der Waals surface area (Å²) in [6, 6.07) is 15.0. The molecule has 160 valence electrons. The van der Waals surface area contributed by atoms with Crippen LogP contribution in [-0.4, -0.2) is 42.5 Å². The summed E-state index contributed by atoms with van der Waals surface area (Å²) in [5, 5.41) is 3.28. The predicted molar refractivity (Wildman–Crippen MR) is 123 cm³/mol. The van der Waals surface area contributed by atoms with Crippen LogP contribution >= 0.6 is 0 Å². The Morgan fingerprint density at radius 3 is 2.52 bits per heavy atom. The molecule has 0 radical (unpaired) electrons. The van der Waals surface area contributed by atoms with Gasteiger partial charge in [0.15, 0.2) is 0 Å². The van der Waals surface area contributed by atoms with Crippen molar-refractivity contribution in [3.05, 3.63) is 77.0 Å². The van der Waals surface area contributed by atoms with Crippen LogP contribution in [0.3, 0.4) is 0 Å². The monoisotopic (exact) mass is 417 g/mol. The van der Waals surface area contributed by atoms with Crippen molar-refractivity contribution in [3.8, 4) is 11.3 Å². The van der Waals surface area contributed by atoms with Crippen LogP contribution in [0.5, 0.6) is 0 Å². The van der Waals surface area contributed by atoms with Crippen molar-refractivity contribution in [3.63, 3.8) is 0 Å². The number of anilines is 2. The molecule has 3 aromatic rings. The second-order valence-electron chi connectivity index (χ2n) is 7.56. The van der Waals surface area contributed by atoms with Crippen LogP contribution in [0.25, 0.3) is 11.3 Å². The molecule has 0 aliphatic rings. The Bertz CT molecular complexity index is 1120. The third-order valence-electron chi connectivity index (χ3n) is 4.82. The van der Waals surface area contributed by atoms with Crippen LogP contribution < -0.4 is 5.32 Å². The van der Waals surface area contributed by atoms with E-state index in [1.165, 1.54) is 0 Å². The van der Waals surface area contributed by atoms with E-state index in [4.69, 9.17) is 4.74 Å². The van der Waals surface area contributed by atoms with Crippen LogP contribution in [0, 0.1) is 13.8 Å². The average Bonchev–Trinajstić information content (AvgIpc) is 2.74. The summed E-state index contributed by atoms with van der Waals surface area (Å²) < 4.78 is 5.18. The highest BCUT2D eigenvalue weighted by molar-refractivity contribution is 5.97. The van der Waals surface area contributed by atoms with Crippen molar-refractivity contribution in [2.45, 2.75) is 20.8 Å². The lowest BCUT2D eigenvalue weighted by atomic mass is 10.0. The molecule has 3 rings (SSSR count). The summed E-state index contributed by atoms with van der Waals surface area (Å²) in [6.07, 6.45) is 1.72. The van der Waals surface area contributed by atoms with E-state index in [1.807, 2.05) is 56.3 Å². The van der Waals surface area contributed by atoms with E-state index in [1.54, 1.807) is 38.2 Å². The van der Waals surface area contributed by atoms with Crippen molar-refractivity contribution in [2.24, 2.45) is 0 Å². The smallest absolute Gasteiger partial charge is 0.340 e. The third kappa shape index (κ3) is 5.09. The van der Waals surface area contributed by atoms with E-state index in [-0.39, 0.29) is 11.9 Å². The maximum absolute atomic E-state index is 12.3. The van der Waals surface area contributed by atoms with Gasteiger partial charge < -0.3 is 15.0 Å². The molecule has 0 spiro atoms. The van der Waals surface area contributed by atoms with Gasteiger partial charge in [-0.1, -0.05) is 23.8 Å². The molecule has 0 bridgehead atoms. The highest BCUT2D eigenvalue weighted by Gasteiger charge is 2.15. The van der Waals surface area contributed by atoms with E-state index in [9.17, 15) is 9.59 Å². The number of aromatic nitrogens is 1. The minimum Gasteiger partial charge on any atom is -0.462 e. The molecule has 0 saturated carbocycles. The molecule has 0 saturated heterocycles. The topological polar surface area (TPSA) is 71.5 Å². The molecule has 2 aromatic carbocycles. The number of hydrogen-bond acceptors (Lipinski definition) is 5. The van der Waals surface area contributed by atoms with Gasteiger partial charge in [0, 0.05) is 25.2 Å². The zero-order valence-electron chi connectivity index (χ0n) is 18.5. The van der Waals surface area contributed by atoms with Crippen LogP contribution in [0.2, 0.25) is 0 Å². The average molecular weight is 418 g/mol. The second kappa shape index (κ2) is 9.43. The SMILES string of the molecule is CCOC(=O)c1cc(C)ccc1Nc1cnc(-c2cccc(C(=O)N(C)C)c2)c(C)c1. The number of hydrogen-bond donors (Lipinski definition) is 1. The van der Waals surface area contributed by atoms with E-state index in [0.29, 0.717) is 23.4 Å². The first kappa shape index (κ1) is 22.0. The van der Waals surface area contributed by atoms with Crippen molar-refractivity contribution >= 4 is 23.3 Å². The van der Waals surface area contributed by atoms with Gasteiger partial charge in [0.05, 0.1) is 35.4 Å².